The van der Waals surface area contributed by atoms with Crippen LogP contribution in [0.15, 0.2) is 30.4 Å². The van der Waals surface area contributed by atoms with E-state index >= 15 is 0 Å². The third-order valence-electron chi connectivity index (χ3n) is 2.63. The molecule has 0 heterocycles. The highest BCUT2D eigenvalue weighted by molar-refractivity contribution is 5.44. The highest BCUT2D eigenvalue weighted by Gasteiger charge is 2.16. The smallest absolute Gasteiger partial charge is 0.122 e. The van der Waals surface area contributed by atoms with Gasteiger partial charge in [-0.3, -0.25) is 0 Å². The fourth-order valence-corrected chi connectivity index (χ4v) is 1.90. The minimum Gasteiger partial charge on any atom is -0.508 e. The van der Waals surface area contributed by atoms with Gasteiger partial charge in [0.1, 0.15) is 11.5 Å². The molecule has 1 unspecified atom stereocenters. The molecule has 1 atom stereocenters. The summed E-state index contributed by atoms with van der Waals surface area (Å²) < 4.78 is 5.27. The molecule has 0 saturated heterocycles. The number of aromatic hydroxyl groups is 1. The summed E-state index contributed by atoms with van der Waals surface area (Å²) in [5, 5.41) is 9.41. The van der Waals surface area contributed by atoms with Crippen LogP contribution in [0.25, 0.3) is 0 Å². The fraction of sp³-hybridized carbons (Fsp3) is 0.333. The van der Waals surface area contributed by atoms with Crippen LogP contribution in [0, 0.1) is 0 Å². The van der Waals surface area contributed by atoms with Crippen LogP contribution < -0.4 is 4.74 Å². The Morgan fingerprint density at radius 2 is 2.29 bits per heavy atom. The van der Waals surface area contributed by atoms with Crippen molar-refractivity contribution < 1.29 is 9.84 Å². The van der Waals surface area contributed by atoms with Crippen LogP contribution in [-0.2, 0) is 0 Å². The Hall–Kier alpha value is -1.44. The van der Waals surface area contributed by atoms with Crippen LogP contribution in [0.1, 0.15) is 24.3 Å². The first-order chi connectivity index (χ1) is 6.81. The Bertz CT molecular complexity index is 355. The number of phenols is 1. The van der Waals surface area contributed by atoms with Gasteiger partial charge >= 0.3 is 0 Å². The van der Waals surface area contributed by atoms with Gasteiger partial charge in [0.25, 0.3) is 0 Å². The van der Waals surface area contributed by atoms with Gasteiger partial charge in [0.15, 0.2) is 0 Å². The number of phenolic OH excluding ortho intramolecular Hbond substituents is 1. The summed E-state index contributed by atoms with van der Waals surface area (Å²) in [7, 11) is 1.66. The summed E-state index contributed by atoms with van der Waals surface area (Å²) in [6.45, 7) is 0. The van der Waals surface area contributed by atoms with E-state index in [1.165, 1.54) is 0 Å². The van der Waals surface area contributed by atoms with E-state index in [0.29, 0.717) is 11.7 Å². The summed E-state index contributed by atoms with van der Waals surface area (Å²) in [4.78, 5) is 0. The highest BCUT2D eigenvalue weighted by Crippen LogP contribution is 2.36. The van der Waals surface area contributed by atoms with Crippen molar-refractivity contribution >= 4 is 0 Å². The number of allylic oxidation sites excluding steroid dienone is 2. The van der Waals surface area contributed by atoms with E-state index < -0.39 is 0 Å². The zero-order valence-corrected chi connectivity index (χ0v) is 8.23. The number of benzene rings is 1. The van der Waals surface area contributed by atoms with Gasteiger partial charge in [0.05, 0.1) is 7.11 Å². The standard InChI is InChI=1S/C12H14O2/c1-14-12-7-6-10(13)8-11(12)9-4-2-3-5-9/h2,4,6-9,13H,3,5H2,1H3. The Kier molecular flexibility index (Phi) is 2.44. The first kappa shape index (κ1) is 9.13. The van der Waals surface area contributed by atoms with Gasteiger partial charge in [-0.25, -0.2) is 0 Å². The summed E-state index contributed by atoms with van der Waals surface area (Å²) in [6, 6.07) is 5.26. The zero-order valence-electron chi connectivity index (χ0n) is 8.23. The average molecular weight is 190 g/mol. The summed E-state index contributed by atoms with van der Waals surface area (Å²) in [6.07, 6.45) is 6.58. The van der Waals surface area contributed by atoms with Crippen molar-refractivity contribution in [1.82, 2.24) is 0 Å². The lowest BCUT2D eigenvalue weighted by molar-refractivity contribution is 0.404. The molecule has 1 aromatic rings. The van der Waals surface area contributed by atoms with Gasteiger partial charge in [-0.2, -0.15) is 0 Å². The molecule has 0 aromatic heterocycles. The summed E-state index contributed by atoms with van der Waals surface area (Å²) in [5.74, 6) is 1.57. The maximum atomic E-state index is 9.41. The molecule has 0 radical (unpaired) electrons. The second kappa shape index (κ2) is 3.74. The van der Waals surface area contributed by atoms with Gasteiger partial charge in [-0.1, -0.05) is 12.2 Å². The molecule has 0 bridgehead atoms. The predicted molar refractivity (Wildman–Crippen MR) is 55.8 cm³/mol. The minimum atomic E-state index is 0.307. The summed E-state index contributed by atoms with van der Waals surface area (Å²) >= 11 is 0. The molecule has 14 heavy (non-hydrogen) atoms. The lowest BCUT2D eigenvalue weighted by Gasteiger charge is -2.13. The first-order valence-corrected chi connectivity index (χ1v) is 4.85. The number of rotatable bonds is 2. The third kappa shape index (κ3) is 1.60. The Morgan fingerprint density at radius 1 is 1.43 bits per heavy atom. The van der Waals surface area contributed by atoms with Crippen molar-refractivity contribution in [2.75, 3.05) is 7.11 Å². The van der Waals surface area contributed by atoms with E-state index in [1.54, 1.807) is 19.2 Å². The van der Waals surface area contributed by atoms with Crippen LogP contribution in [-0.4, -0.2) is 12.2 Å². The quantitative estimate of drug-likeness (QED) is 0.726. The minimum absolute atomic E-state index is 0.307. The highest BCUT2D eigenvalue weighted by atomic mass is 16.5. The fourth-order valence-electron chi connectivity index (χ4n) is 1.90. The Morgan fingerprint density at radius 3 is 2.93 bits per heavy atom. The molecular formula is C12H14O2. The molecule has 2 nitrogen and oxygen atoms in total. The maximum absolute atomic E-state index is 9.41. The van der Waals surface area contributed by atoms with Crippen molar-refractivity contribution in [2.24, 2.45) is 0 Å². The SMILES string of the molecule is COc1ccc(O)cc1C1C=CCC1. The van der Waals surface area contributed by atoms with E-state index in [2.05, 4.69) is 12.2 Å². The molecule has 1 aromatic carbocycles. The average Bonchev–Trinajstić information content (AvgIpc) is 2.70. The van der Waals surface area contributed by atoms with Crippen LogP contribution in [0.2, 0.25) is 0 Å². The summed E-state index contributed by atoms with van der Waals surface area (Å²) in [5.41, 5.74) is 1.08. The van der Waals surface area contributed by atoms with Gasteiger partial charge in [0, 0.05) is 11.5 Å². The molecule has 1 aliphatic carbocycles. The normalized spacial score (nSPS) is 19.9. The molecule has 0 fully saturated rings. The molecule has 2 heteroatoms. The van der Waals surface area contributed by atoms with Crippen LogP contribution in [0.3, 0.4) is 0 Å². The maximum Gasteiger partial charge on any atom is 0.122 e. The topological polar surface area (TPSA) is 29.5 Å². The van der Waals surface area contributed by atoms with E-state index in [1.807, 2.05) is 6.07 Å². The van der Waals surface area contributed by atoms with Crippen molar-refractivity contribution in [3.63, 3.8) is 0 Å². The third-order valence-corrected chi connectivity index (χ3v) is 2.63. The van der Waals surface area contributed by atoms with E-state index in [0.717, 1.165) is 24.2 Å². The number of methoxy groups -OCH3 is 1. The van der Waals surface area contributed by atoms with Gasteiger partial charge in [-0.05, 0) is 31.0 Å². The Balaban J connectivity index is 2.38. The van der Waals surface area contributed by atoms with Crippen LogP contribution in [0.4, 0.5) is 0 Å². The van der Waals surface area contributed by atoms with E-state index in [-0.39, 0.29) is 0 Å². The largest absolute Gasteiger partial charge is 0.508 e. The molecule has 2 rings (SSSR count). The molecular weight excluding hydrogens is 176 g/mol. The lowest BCUT2D eigenvalue weighted by Crippen LogP contribution is -1.95. The van der Waals surface area contributed by atoms with E-state index in [9.17, 15) is 5.11 Å². The van der Waals surface area contributed by atoms with Gasteiger partial charge < -0.3 is 9.84 Å². The molecule has 74 valence electrons. The van der Waals surface area contributed by atoms with Crippen molar-refractivity contribution in [3.8, 4) is 11.5 Å². The second-order valence-electron chi connectivity index (χ2n) is 3.54. The molecule has 0 aliphatic heterocycles. The van der Waals surface area contributed by atoms with Crippen molar-refractivity contribution in [3.05, 3.63) is 35.9 Å². The zero-order chi connectivity index (χ0) is 9.97. The van der Waals surface area contributed by atoms with Gasteiger partial charge in [0.2, 0.25) is 0 Å². The van der Waals surface area contributed by atoms with Crippen LogP contribution in [0.5, 0.6) is 11.5 Å². The van der Waals surface area contributed by atoms with Crippen molar-refractivity contribution in [1.29, 1.82) is 0 Å². The molecule has 1 N–H and O–H groups in total. The predicted octanol–water partition coefficient (Wildman–Crippen LogP) is 2.83. The van der Waals surface area contributed by atoms with E-state index in [4.69, 9.17) is 4.74 Å². The van der Waals surface area contributed by atoms with Crippen molar-refractivity contribution in [2.45, 2.75) is 18.8 Å². The Labute approximate surface area is 83.8 Å². The lowest BCUT2D eigenvalue weighted by atomic mass is 9.97. The first-order valence-electron chi connectivity index (χ1n) is 4.85. The molecule has 0 amide bonds. The number of hydrogen-bond acceptors (Lipinski definition) is 2. The number of ether oxygens (including phenoxy) is 1. The van der Waals surface area contributed by atoms with Crippen LogP contribution >= 0.6 is 0 Å². The number of hydrogen-bond donors (Lipinski definition) is 1. The second-order valence-corrected chi connectivity index (χ2v) is 3.54. The molecule has 0 saturated carbocycles. The molecule has 1 aliphatic rings. The molecule has 0 spiro atoms. The monoisotopic (exact) mass is 190 g/mol. The van der Waals surface area contributed by atoms with Gasteiger partial charge in [-0.15, -0.1) is 0 Å².